The highest BCUT2D eigenvalue weighted by atomic mass is 79.9. The molecule has 0 bridgehead atoms. The standard InChI is InChI=1S/C25H31BrN4O5/c26-11-5-3-1-2-4-6-22(32)29-14-12-28(13-15-29)17-7-8-18-19(16-17)25(35)30(24(18)34)20-9-10-21(31)27-23(20)33/h7-8,16,20H,1-6,9-15H2,(H,27,31,33). The summed E-state index contributed by atoms with van der Waals surface area (Å²) in [6, 6.07) is 4.17. The van der Waals surface area contributed by atoms with Crippen molar-refractivity contribution in [3.05, 3.63) is 29.3 Å². The van der Waals surface area contributed by atoms with Gasteiger partial charge < -0.3 is 9.80 Å². The lowest BCUT2D eigenvalue weighted by Crippen LogP contribution is -2.54. The Morgan fingerprint density at radius 1 is 0.914 bits per heavy atom. The van der Waals surface area contributed by atoms with Gasteiger partial charge in [0.1, 0.15) is 6.04 Å². The van der Waals surface area contributed by atoms with Crippen LogP contribution in [0.1, 0.15) is 72.1 Å². The third-order valence-corrected chi connectivity index (χ3v) is 7.51. The molecule has 2 saturated heterocycles. The molecule has 2 fully saturated rings. The molecule has 1 unspecified atom stereocenters. The maximum absolute atomic E-state index is 13.1. The number of alkyl halides is 1. The van der Waals surface area contributed by atoms with Crippen molar-refractivity contribution < 1.29 is 24.0 Å². The predicted molar refractivity (Wildman–Crippen MR) is 133 cm³/mol. The lowest BCUT2D eigenvalue weighted by Gasteiger charge is -2.36. The third-order valence-electron chi connectivity index (χ3n) is 6.95. The van der Waals surface area contributed by atoms with Crippen LogP contribution in [0.3, 0.4) is 0 Å². The molecular weight excluding hydrogens is 516 g/mol. The van der Waals surface area contributed by atoms with Crippen molar-refractivity contribution in [2.24, 2.45) is 0 Å². The Labute approximate surface area is 213 Å². The number of imide groups is 2. The number of anilines is 1. The van der Waals surface area contributed by atoms with Crippen LogP contribution in [0.5, 0.6) is 0 Å². The molecule has 9 nitrogen and oxygen atoms in total. The van der Waals surface area contributed by atoms with Gasteiger partial charge in [-0.25, -0.2) is 0 Å². The zero-order valence-corrected chi connectivity index (χ0v) is 21.3. The number of rotatable bonds is 9. The van der Waals surface area contributed by atoms with Gasteiger partial charge in [0.2, 0.25) is 17.7 Å². The molecule has 4 rings (SSSR count). The van der Waals surface area contributed by atoms with Crippen molar-refractivity contribution in [2.45, 2.75) is 57.4 Å². The molecule has 0 spiro atoms. The summed E-state index contributed by atoms with van der Waals surface area (Å²) in [6.07, 6.45) is 6.34. The number of benzene rings is 1. The number of fused-ring (bicyclic) bond motifs is 1. The zero-order valence-electron chi connectivity index (χ0n) is 19.8. The van der Waals surface area contributed by atoms with Crippen LogP contribution in [-0.4, -0.2) is 76.9 Å². The maximum Gasteiger partial charge on any atom is 0.262 e. The highest BCUT2D eigenvalue weighted by Gasteiger charge is 2.44. The summed E-state index contributed by atoms with van der Waals surface area (Å²) < 4.78 is 0. The SMILES string of the molecule is O=C1CCC(N2C(=O)c3ccc(N4CCN(C(=O)CCCCCCCBr)CC4)cc3C2=O)C(=O)N1. The number of piperidine rings is 1. The van der Waals surface area contributed by atoms with E-state index < -0.39 is 29.7 Å². The lowest BCUT2D eigenvalue weighted by atomic mass is 10.0. The fraction of sp³-hybridized carbons (Fsp3) is 0.560. The summed E-state index contributed by atoms with van der Waals surface area (Å²) in [5.41, 5.74) is 1.36. The van der Waals surface area contributed by atoms with Crippen LogP contribution in [-0.2, 0) is 14.4 Å². The zero-order chi connectivity index (χ0) is 24.9. The molecule has 1 aromatic rings. The minimum absolute atomic E-state index is 0.0925. The summed E-state index contributed by atoms with van der Waals surface area (Å²) in [7, 11) is 0. The number of hydrogen-bond donors (Lipinski definition) is 1. The number of carbonyl (C=O) groups excluding carboxylic acids is 5. The minimum Gasteiger partial charge on any atom is -0.368 e. The molecule has 3 heterocycles. The highest BCUT2D eigenvalue weighted by molar-refractivity contribution is 9.09. The monoisotopic (exact) mass is 546 g/mol. The first-order chi connectivity index (χ1) is 16.9. The Bertz CT molecular complexity index is 1020. The molecule has 0 saturated carbocycles. The van der Waals surface area contributed by atoms with Crippen LogP contribution in [0, 0.1) is 0 Å². The molecule has 0 radical (unpaired) electrons. The van der Waals surface area contributed by atoms with Crippen LogP contribution in [0.4, 0.5) is 5.69 Å². The summed E-state index contributed by atoms with van der Waals surface area (Å²) in [5, 5.41) is 3.24. The van der Waals surface area contributed by atoms with Gasteiger partial charge in [0.25, 0.3) is 11.8 Å². The summed E-state index contributed by atoms with van der Waals surface area (Å²) in [6.45, 7) is 2.53. The molecule has 0 aromatic heterocycles. The van der Waals surface area contributed by atoms with Crippen LogP contribution >= 0.6 is 15.9 Å². The van der Waals surface area contributed by atoms with E-state index in [1.165, 1.54) is 12.8 Å². The Kier molecular flexibility index (Phi) is 8.20. The average Bonchev–Trinajstić information content (AvgIpc) is 3.10. The number of carbonyl (C=O) groups is 5. The van der Waals surface area contributed by atoms with E-state index in [1.807, 2.05) is 11.0 Å². The Morgan fingerprint density at radius 3 is 2.31 bits per heavy atom. The number of nitrogens with zero attached hydrogens (tertiary/aromatic N) is 3. The number of nitrogens with one attached hydrogen (secondary N) is 1. The summed E-state index contributed by atoms with van der Waals surface area (Å²) >= 11 is 3.44. The Morgan fingerprint density at radius 2 is 1.60 bits per heavy atom. The first-order valence-electron chi connectivity index (χ1n) is 12.3. The number of halogens is 1. The van der Waals surface area contributed by atoms with E-state index in [0.29, 0.717) is 32.6 Å². The first kappa shape index (κ1) is 25.3. The molecule has 3 aliphatic heterocycles. The molecule has 35 heavy (non-hydrogen) atoms. The van der Waals surface area contributed by atoms with Gasteiger partial charge in [0.05, 0.1) is 11.1 Å². The summed E-state index contributed by atoms with van der Waals surface area (Å²) in [4.78, 5) is 67.2. The second-order valence-corrected chi connectivity index (χ2v) is 10.0. The van der Waals surface area contributed by atoms with Crippen molar-refractivity contribution in [1.82, 2.24) is 15.1 Å². The van der Waals surface area contributed by atoms with E-state index in [9.17, 15) is 24.0 Å². The average molecular weight is 547 g/mol. The maximum atomic E-state index is 13.1. The van der Waals surface area contributed by atoms with Crippen LogP contribution < -0.4 is 10.2 Å². The topological polar surface area (TPSA) is 107 Å². The molecule has 188 valence electrons. The lowest BCUT2D eigenvalue weighted by molar-refractivity contribution is -0.136. The normalized spacial score (nSPS) is 20.4. The summed E-state index contributed by atoms with van der Waals surface area (Å²) in [5.74, 6) is -1.83. The molecule has 1 atom stereocenters. The third kappa shape index (κ3) is 5.58. The molecule has 3 aliphatic rings. The van der Waals surface area contributed by atoms with E-state index in [4.69, 9.17) is 0 Å². The number of amides is 5. The molecule has 0 aliphatic carbocycles. The second-order valence-electron chi connectivity index (χ2n) is 9.25. The molecule has 5 amide bonds. The molecule has 1 aromatic carbocycles. The van der Waals surface area contributed by atoms with Crippen molar-refractivity contribution in [1.29, 1.82) is 0 Å². The van der Waals surface area contributed by atoms with Gasteiger partial charge >= 0.3 is 0 Å². The largest absolute Gasteiger partial charge is 0.368 e. The van der Waals surface area contributed by atoms with E-state index in [-0.39, 0.29) is 29.9 Å². The highest BCUT2D eigenvalue weighted by Crippen LogP contribution is 2.31. The van der Waals surface area contributed by atoms with Gasteiger partial charge in [0, 0.05) is 50.0 Å². The number of unbranched alkanes of at least 4 members (excludes halogenated alkanes) is 4. The van der Waals surface area contributed by atoms with Gasteiger partial charge in [-0.15, -0.1) is 0 Å². The van der Waals surface area contributed by atoms with Crippen LogP contribution in [0.2, 0.25) is 0 Å². The molecule has 1 N–H and O–H groups in total. The van der Waals surface area contributed by atoms with E-state index >= 15 is 0 Å². The van der Waals surface area contributed by atoms with Crippen molar-refractivity contribution >= 4 is 51.2 Å². The van der Waals surface area contributed by atoms with Crippen molar-refractivity contribution in [3.8, 4) is 0 Å². The van der Waals surface area contributed by atoms with Gasteiger partial charge in [-0.3, -0.25) is 34.2 Å². The molecular formula is C25H31BrN4O5. The van der Waals surface area contributed by atoms with E-state index in [0.717, 1.165) is 35.2 Å². The van der Waals surface area contributed by atoms with Gasteiger partial charge in [-0.2, -0.15) is 0 Å². The van der Waals surface area contributed by atoms with E-state index in [2.05, 4.69) is 26.1 Å². The van der Waals surface area contributed by atoms with E-state index in [1.54, 1.807) is 12.1 Å². The van der Waals surface area contributed by atoms with Gasteiger partial charge in [-0.1, -0.05) is 35.2 Å². The minimum atomic E-state index is -0.970. The number of hydrogen-bond acceptors (Lipinski definition) is 6. The predicted octanol–water partition coefficient (Wildman–Crippen LogP) is 2.47. The quantitative estimate of drug-likeness (QED) is 0.289. The second kappa shape index (κ2) is 11.3. The Hall–Kier alpha value is -2.75. The molecule has 10 heteroatoms. The smallest absolute Gasteiger partial charge is 0.262 e. The fourth-order valence-corrected chi connectivity index (χ4v) is 5.33. The van der Waals surface area contributed by atoms with Crippen molar-refractivity contribution in [3.63, 3.8) is 0 Å². The first-order valence-corrected chi connectivity index (χ1v) is 13.5. The van der Waals surface area contributed by atoms with Crippen LogP contribution in [0.25, 0.3) is 0 Å². The van der Waals surface area contributed by atoms with Crippen LogP contribution in [0.15, 0.2) is 18.2 Å². The van der Waals surface area contributed by atoms with Crippen molar-refractivity contribution in [2.75, 3.05) is 36.4 Å². The fourth-order valence-electron chi connectivity index (χ4n) is 4.93. The van der Waals surface area contributed by atoms with Gasteiger partial charge in [0.15, 0.2) is 0 Å². The Balaban J connectivity index is 1.32. The van der Waals surface area contributed by atoms with Gasteiger partial charge in [-0.05, 0) is 37.5 Å². The number of piperazine rings is 1.